The SMILES string of the molecule is O=C([O-])C1(CCCNCc2ccnc(C(F)(F)F)n2)NC=CN1. The monoisotopic (exact) mass is 330 g/mol. The third-order valence-electron chi connectivity index (χ3n) is 3.27. The second-order valence-corrected chi connectivity index (χ2v) is 4.96. The van der Waals surface area contributed by atoms with Crippen molar-refractivity contribution < 1.29 is 23.1 Å². The van der Waals surface area contributed by atoms with E-state index in [9.17, 15) is 23.1 Å². The second kappa shape index (κ2) is 6.82. The van der Waals surface area contributed by atoms with E-state index in [1.54, 1.807) is 0 Å². The molecule has 0 unspecified atom stereocenters. The van der Waals surface area contributed by atoms with Crippen molar-refractivity contribution in [3.05, 3.63) is 36.2 Å². The number of carboxylic acid groups (broad SMARTS) is 1. The average Bonchev–Trinajstić information content (AvgIpc) is 2.96. The molecule has 0 atom stereocenters. The van der Waals surface area contributed by atoms with Gasteiger partial charge >= 0.3 is 6.18 Å². The third-order valence-corrected chi connectivity index (χ3v) is 3.27. The van der Waals surface area contributed by atoms with E-state index in [0.717, 1.165) is 6.20 Å². The van der Waals surface area contributed by atoms with Gasteiger partial charge < -0.3 is 25.9 Å². The molecule has 2 heterocycles. The molecule has 0 bridgehead atoms. The molecule has 23 heavy (non-hydrogen) atoms. The Morgan fingerprint density at radius 1 is 1.35 bits per heavy atom. The zero-order valence-electron chi connectivity index (χ0n) is 12.0. The minimum Gasteiger partial charge on any atom is -0.546 e. The van der Waals surface area contributed by atoms with Gasteiger partial charge in [-0.25, -0.2) is 9.97 Å². The van der Waals surface area contributed by atoms with Gasteiger partial charge in [-0.1, -0.05) is 0 Å². The largest absolute Gasteiger partial charge is 0.546 e. The number of aliphatic carboxylic acids is 1. The van der Waals surface area contributed by atoms with Crippen LogP contribution in [0.25, 0.3) is 0 Å². The van der Waals surface area contributed by atoms with E-state index >= 15 is 0 Å². The minimum absolute atomic E-state index is 0.128. The van der Waals surface area contributed by atoms with E-state index in [0.29, 0.717) is 13.0 Å². The summed E-state index contributed by atoms with van der Waals surface area (Å²) in [7, 11) is 0. The molecule has 0 aliphatic carbocycles. The van der Waals surface area contributed by atoms with Crippen molar-refractivity contribution in [3.63, 3.8) is 0 Å². The summed E-state index contributed by atoms with van der Waals surface area (Å²) < 4.78 is 37.4. The molecule has 7 nitrogen and oxygen atoms in total. The Labute approximate surface area is 130 Å². The van der Waals surface area contributed by atoms with Crippen LogP contribution in [0.15, 0.2) is 24.7 Å². The van der Waals surface area contributed by atoms with Crippen molar-refractivity contribution in [2.45, 2.75) is 31.2 Å². The van der Waals surface area contributed by atoms with Crippen molar-refractivity contribution in [1.82, 2.24) is 25.9 Å². The number of nitrogens with zero attached hydrogens (tertiary/aromatic N) is 2. The number of hydrogen-bond donors (Lipinski definition) is 3. The van der Waals surface area contributed by atoms with Gasteiger partial charge in [-0.05, 0) is 25.5 Å². The molecular formula is C13H15F3N5O2-. The quantitative estimate of drug-likeness (QED) is 0.578. The zero-order chi connectivity index (χ0) is 16.9. The standard InChI is InChI=1S/C13H16F3N5O2/c14-13(15,16)10-18-5-2-9(21-10)8-17-4-1-3-12(11(22)23)19-6-7-20-12/h2,5-7,17,19-20H,1,3-4,8H2,(H,22,23)/p-1. The molecule has 0 radical (unpaired) electrons. The Morgan fingerprint density at radius 3 is 2.65 bits per heavy atom. The van der Waals surface area contributed by atoms with Crippen LogP contribution < -0.4 is 21.1 Å². The lowest BCUT2D eigenvalue weighted by Gasteiger charge is -2.31. The fraction of sp³-hybridized carbons (Fsp3) is 0.462. The highest BCUT2D eigenvalue weighted by molar-refractivity contribution is 5.77. The lowest BCUT2D eigenvalue weighted by Crippen LogP contribution is -2.61. The van der Waals surface area contributed by atoms with Gasteiger partial charge in [-0.3, -0.25) is 0 Å². The maximum absolute atomic E-state index is 12.5. The Balaban J connectivity index is 1.77. The molecule has 3 N–H and O–H groups in total. The number of carbonyl (C=O) groups is 1. The summed E-state index contributed by atoms with van der Waals surface area (Å²) in [6.45, 7) is 0.534. The molecule has 0 spiro atoms. The number of rotatable bonds is 7. The zero-order valence-corrected chi connectivity index (χ0v) is 12.0. The molecule has 0 aromatic carbocycles. The maximum atomic E-state index is 12.5. The number of hydrogen-bond acceptors (Lipinski definition) is 7. The van der Waals surface area contributed by atoms with Crippen molar-refractivity contribution in [2.24, 2.45) is 0 Å². The van der Waals surface area contributed by atoms with Gasteiger partial charge in [0, 0.05) is 25.1 Å². The molecule has 0 saturated heterocycles. The van der Waals surface area contributed by atoms with Crippen LogP contribution in [-0.4, -0.2) is 28.1 Å². The summed E-state index contributed by atoms with van der Waals surface area (Å²) in [5.41, 5.74) is -1.12. The fourth-order valence-corrected chi connectivity index (χ4v) is 2.10. The number of nitrogens with one attached hydrogen (secondary N) is 3. The Hall–Kier alpha value is -2.36. The Kier molecular flexibility index (Phi) is 5.04. The van der Waals surface area contributed by atoms with E-state index < -0.39 is 23.6 Å². The number of carboxylic acids is 1. The van der Waals surface area contributed by atoms with Crippen LogP contribution >= 0.6 is 0 Å². The Bertz CT molecular complexity index is 583. The number of carbonyl (C=O) groups excluding carboxylic acids is 1. The first kappa shape index (κ1) is 17.0. The first-order valence-electron chi connectivity index (χ1n) is 6.85. The van der Waals surface area contributed by atoms with Gasteiger partial charge in [0.05, 0.1) is 11.7 Å². The molecule has 1 aromatic heterocycles. The minimum atomic E-state index is -4.58. The highest BCUT2D eigenvalue weighted by atomic mass is 19.4. The predicted octanol–water partition coefficient (Wildman–Crippen LogP) is -0.525. The Morgan fingerprint density at radius 2 is 2.04 bits per heavy atom. The lowest BCUT2D eigenvalue weighted by molar-refractivity contribution is -0.315. The molecule has 0 amide bonds. The van der Waals surface area contributed by atoms with Crippen molar-refractivity contribution >= 4 is 5.97 Å². The van der Waals surface area contributed by atoms with Gasteiger partial charge in [-0.2, -0.15) is 13.2 Å². The van der Waals surface area contributed by atoms with Crippen LogP contribution in [0.1, 0.15) is 24.4 Å². The van der Waals surface area contributed by atoms with Gasteiger partial charge in [0.2, 0.25) is 5.82 Å². The highest BCUT2D eigenvalue weighted by Crippen LogP contribution is 2.25. The van der Waals surface area contributed by atoms with Crippen LogP contribution in [0.2, 0.25) is 0 Å². The van der Waals surface area contributed by atoms with E-state index in [4.69, 9.17) is 0 Å². The smallest absolute Gasteiger partial charge is 0.451 e. The molecule has 10 heteroatoms. The summed E-state index contributed by atoms with van der Waals surface area (Å²) in [6, 6.07) is 1.38. The number of alkyl halides is 3. The maximum Gasteiger partial charge on any atom is 0.451 e. The molecular weight excluding hydrogens is 315 g/mol. The summed E-state index contributed by atoms with van der Waals surface area (Å²) in [5.74, 6) is -2.45. The van der Waals surface area contributed by atoms with Crippen LogP contribution in [0.3, 0.4) is 0 Å². The topological polar surface area (TPSA) is 102 Å². The molecule has 0 saturated carbocycles. The average molecular weight is 330 g/mol. The summed E-state index contributed by atoms with van der Waals surface area (Å²) in [4.78, 5) is 17.7. The van der Waals surface area contributed by atoms with Crippen molar-refractivity contribution in [1.29, 1.82) is 0 Å². The van der Waals surface area contributed by atoms with Crippen LogP contribution in [-0.2, 0) is 17.5 Å². The van der Waals surface area contributed by atoms with E-state index in [2.05, 4.69) is 25.9 Å². The molecule has 2 rings (SSSR count). The fourth-order valence-electron chi connectivity index (χ4n) is 2.10. The van der Waals surface area contributed by atoms with Gasteiger partial charge in [-0.15, -0.1) is 0 Å². The molecule has 0 fully saturated rings. The van der Waals surface area contributed by atoms with Gasteiger partial charge in [0.15, 0.2) is 0 Å². The normalized spacial score (nSPS) is 16.0. The lowest BCUT2D eigenvalue weighted by atomic mass is 10.1. The first-order chi connectivity index (χ1) is 10.8. The molecule has 1 aliphatic rings. The summed E-state index contributed by atoms with van der Waals surface area (Å²) in [6.07, 6.45) is 0.130. The van der Waals surface area contributed by atoms with Gasteiger partial charge in [0.1, 0.15) is 5.66 Å². The number of halogens is 3. The third kappa shape index (κ3) is 4.31. The molecule has 1 aliphatic heterocycles. The predicted molar refractivity (Wildman–Crippen MR) is 71.1 cm³/mol. The van der Waals surface area contributed by atoms with Crippen LogP contribution in [0.4, 0.5) is 13.2 Å². The van der Waals surface area contributed by atoms with E-state index in [-0.39, 0.29) is 18.7 Å². The van der Waals surface area contributed by atoms with Crippen LogP contribution in [0, 0.1) is 0 Å². The second-order valence-electron chi connectivity index (χ2n) is 4.96. The summed E-state index contributed by atoms with van der Waals surface area (Å²) in [5, 5.41) is 19.4. The molecule has 126 valence electrons. The number of aromatic nitrogens is 2. The van der Waals surface area contributed by atoms with Crippen molar-refractivity contribution in [2.75, 3.05) is 6.54 Å². The first-order valence-corrected chi connectivity index (χ1v) is 6.85. The van der Waals surface area contributed by atoms with Crippen LogP contribution in [0.5, 0.6) is 0 Å². The molecule has 1 aromatic rings. The highest BCUT2D eigenvalue weighted by Gasteiger charge is 2.34. The van der Waals surface area contributed by atoms with Crippen molar-refractivity contribution in [3.8, 4) is 0 Å². The summed E-state index contributed by atoms with van der Waals surface area (Å²) >= 11 is 0. The van der Waals surface area contributed by atoms with E-state index in [1.165, 1.54) is 18.5 Å². The van der Waals surface area contributed by atoms with E-state index in [1.807, 2.05) is 0 Å². The van der Waals surface area contributed by atoms with Gasteiger partial charge in [0.25, 0.3) is 0 Å².